The number of carbonyl (C=O) groups excluding carboxylic acids is 1. The van der Waals surface area contributed by atoms with Crippen molar-refractivity contribution in [2.45, 2.75) is 33.2 Å². The molecule has 2 atom stereocenters. The molecule has 0 aliphatic carbocycles. The van der Waals surface area contributed by atoms with E-state index in [4.69, 9.17) is 5.73 Å². The summed E-state index contributed by atoms with van der Waals surface area (Å²) in [7, 11) is 0. The summed E-state index contributed by atoms with van der Waals surface area (Å²) in [4.78, 5) is 12.0. The molecule has 0 radical (unpaired) electrons. The number of hydrogen-bond acceptors (Lipinski definition) is 2. The van der Waals surface area contributed by atoms with Crippen LogP contribution in [0.2, 0.25) is 0 Å². The molecule has 0 saturated heterocycles. The molecular weight excluding hydrogens is 360 g/mol. The summed E-state index contributed by atoms with van der Waals surface area (Å²) in [6.45, 7) is 5.99. The maximum atomic E-state index is 12.0. The number of amides is 1. The minimum Gasteiger partial charge on any atom is -0.323 e. The Kier molecular flexibility index (Phi) is 5.82. The maximum Gasteiger partial charge on any atom is 0.241 e. The van der Waals surface area contributed by atoms with E-state index in [9.17, 15) is 4.79 Å². The molecule has 0 fully saturated rings. The first kappa shape index (κ1) is 15.7. The Hall–Kier alpha value is -0.390. The molecule has 1 rings (SSSR count). The van der Waals surface area contributed by atoms with Gasteiger partial charge in [0.15, 0.2) is 0 Å². The van der Waals surface area contributed by atoms with Crippen LogP contribution in [0.1, 0.15) is 25.8 Å². The van der Waals surface area contributed by atoms with Gasteiger partial charge in [0.2, 0.25) is 5.91 Å². The molecule has 0 aliphatic rings. The van der Waals surface area contributed by atoms with Crippen LogP contribution in [0.3, 0.4) is 0 Å². The first-order valence-corrected chi connectivity index (χ1v) is 7.47. The van der Waals surface area contributed by atoms with Crippen LogP contribution >= 0.6 is 31.9 Å². The number of anilines is 1. The third-order valence-electron chi connectivity index (χ3n) is 2.99. The van der Waals surface area contributed by atoms with E-state index in [-0.39, 0.29) is 11.8 Å². The molecule has 100 valence electrons. The largest absolute Gasteiger partial charge is 0.323 e. The molecule has 3 nitrogen and oxygen atoms in total. The third-order valence-corrected chi connectivity index (χ3v) is 4.25. The van der Waals surface area contributed by atoms with Gasteiger partial charge in [0.25, 0.3) is 0 Å². The van der Waals surface area contributed by atoms with Crippen LogP contribution in [0, 0.1) is 12.8 Å². The molecular formula is C13H18Br2N2O. The number of benzene rings is 1. The van der Waals surface area contributed by atoms with Crippen molar-refractivity contribution in [3.63, 3.8) is 0 Å². The summed E-state index contributed by atoms with van der Waals surface area (Å²) in [5, 5.41) is 2.86. The Morgan fingerprint density at radius 2 is 1.89 bits per heavy atom. The van der Waals surface area contributed by atoms with Gasteiger partial charge in [0, 0.05) is 8.95 Å². The van der Waals surface area contributed by atoms with Crippen molar-refractivity contribution in [2.75, 3.05) is 5.32 Å². The van der Waals surface area contributed by atoms with Crippen LogP contribution in [0.25, 0.3) is 0 Å². The summed E-state index contributed by atoms with van der Waals surface area (Å²) in [6, 6.07) is 3.42. The number of nitrogens with one attached hydrogen (secondary N) is 1. The van der Waals surface area contributed by atoms with E-state index in [2.05, 4.69) is 37.2 Å². The van der Waals surface area contributed by atoms with Crippen molar-refractivity contribution in [1.29, 1.82) is 0 Å². The highest BCUT2D eigenvalue weighted by Crippen LogP contribution is 2.32. The number of nitrogens with two attached hydrogens (primary N) is 1. The van der Waals surface area contributed by atoms with Gasteiger partial charge in [-0.2, -0.15) is 0 Å². The predicted octanol–water partition coefficient (Wildman–Crippen LogP) is 3.83. The van der Waals surface area contributed by atoms with Gasteiger partial charge < -0.3 is 11.1 Å². The fraction of sp³-hybridized carbons (Fsp3) is 0.462. The summed E-state index contributed by atoms with van der Waals surface area (Å²) in [5.74, 6) is 0.00241. The summed E-state index contributed by atoms with van der Waals surface area (Å²) < 4.78 is 1.69. The second kappa shape index (κ2) is 6.68. The van der Waals surface area contributed by atoms with E-state index in [1.54, 1.807) is 0 Å². The summed E-state index contributed by atoms with van der Waals surface area (Å²) in [5.41, 5.74) is 7.74. The normalized spacial score (nSPS) is 14.1. The van der Waals surface area contributed by atoms with Crippen LogP contribution in [-0.4, -0.2) is 11.9 Å². The van der Waals surface area contributed by atoms with Gasteiger partial charge >= 0.3 is 0 Å². The second-order valence-corrected chi connectivity index (χ2v) is 6.21. The fourth-order valence-corrected chi connectivity index (χ4v) is 3.15. The SMILES string of the molecule is CCC(C)C(N)C(=O)Nc1c(Br)cc(C)cc1Br. The van der Waals surface area contributed by atoms with Crippen LogP contribution in [0.5, 0.6) is 0 Å². The fourth-order valence-electron chi connectivity index (χ4n) is 1.54. The van der Waals surface area contributed by atoms with Gasteiger partial charge in [-0.05, 0) is 62.4 Å². The maximum absolute atomic E-state index is 12.0. The highest BCUT2D eigenvalue weighted by molar-refractivity contribution is 9.11. The lowest BCUT2D eigenvalue weighted by Crippen LogP contribution is -2.40. The average Bonchev–Trinajstić information content (AvgIpc) is 2.31. The van der Waals surface area contributed by atoms with Crippen molar-refractivity contribution < 1.29 is 4.79 Å². The van der Waals surface area contributed by atoms with Crippen LogP contribution in [0.15, 0.2) is 21.1 Å². The van der Waals surface area contributed by atoms with E-state index in [1.165, 1.54) is 0 Å². The van der Waals surface area contributed by atoms with E-state index >= 15 is 0 Å². The van der Waals surface area contributed by atoms with Gasteiger partial charge in [0.1, 0.15) is 0 Å². The number of hydrogen-bond donors (Lipinski definition) is 2. The minimum absolute atomic E-state index is 0.158. The Bertz CT molecular complexity index is 426. The smallest absolute Gasteiger partial charge is 0.241 e. The molecule has 0 spiro atoms. The minimum atomic E-state index is -0.491. The molecule has 1 aromatic rings. The predicted molar refractivity (Wildman–Crippen MR) is 82.6 cm³/mol. The first-order chi connectivity index (χ1) is 8.36. The molecule has 18 heavy (non-hydrogen) atoms. The van der Waals surface area contributed by atoms with Crippen molar-refractivity contribution in [2.24, 2.45) is 11.7 Å². The van der Waals surface area contributed by atoms with Gasteiger partial charge in [-0.15, -0.1) is 0 Å². The number of rotatable bonds is 4. The molecule has 0 saturated carbocycles. The van der Waals surface area contributed by atoms with Gasteiger partial charge in [-0.25, -0.2) is 0 Å². The van der Waals surface area contributed by atoms with Gasteiger partial charge in [-0.1, -0.05) is 20.3 Å². The second-order valence-electron chi connectivity index (χ2n) is 4.50. The molecule has 0 heterocycles. The zero-order valence-corrected chi connectivity index (χ0v) is 13.9. The lowest BCUT2D eigenvalue weighted by atomic mass is 9.99. The van der Waals surface area contributed by atoms with E-state index in [1.807, 2.05) is 32.9 Å². The number of aryl methyl sites for hydroxylation is 1. The van der Waals surface area contributed by atoms with E-state index in [0.717, 1.165) is 26.6 Å². The average molecular weight is 378 g/mol. The van der Waals surface area contributed by atoms with E-state index < -0.39 is 6.04 Å². The molecule has 1 amide bonds. The summed E-state index contributed by atoms with van der Waals surface area (Å²) in [6.07, 6.45) is 0.880. The zero-order chi connectivity index (χ0) is 13.9. The van der Waals surface area contributed by atoms with Crippen LogP contribution in [-0.2, 0) is 4.79 Å². The third kappa shape index (κ3) is 3.80. The Labute approximate surface area is 125 Å². The molecule has 1 aromatic carbocycles. The molecule has 3 N–H and O–H groups in total. The highest BCUT2D eigenvalue weighted by Gasteiger charge is 2.21. The highest BCUT2D eigenvalue weighted by atomic mass is 79.9. The molecule has 2 unspecified atom stereocenters. The first-order valence-electron chi connectivity index (χ1n) is 5.88. The lowest BCUT2D eigenvalue weighted by Gasteiger charge is -2.19. The Morgan fingerprint density at radius 1 is 1.39 bits per heavy atom. The standard InChI is InChI=1S/C13H18Br2N2O/c1-4-8(3)11(16)13(18)17-12-9(14)5-7(2)6-10(12)15/h5-6,8,11H,4,16H2,1-3H3,(H,17,18). The molecule has 0 aliphatic heterocycles. The lowest BCUT2D eigenvalue weighted by molar-refractivity contribution is -0.118. The topological polar surface area (TPSA) is 55.1 Å². The van der Waals surface area contributed by atoms with Crippen molar-refractivity contribution >= 4 is 43.5 Å². The van der Waals surface area contributed by atoms with Crippen molar-refractivity contribution in [3.05, 3.63) is 26.6 Å². The molecule has 0 aromatic heterocycles. The Balaban J connectivity index is 2.89. The van der Waals surface area contributed by atoms with Gasteiger partial charge in [-0.3, -0.25) is 4.79 Å². The monoisotopic (exact) mass is 376 g/mol. The van der Waals surface area contributed by atoms with Crippen LogP contribution < -0.4 is 11.1 Å². The van der Waals surface area contributed by atoms with Gasteiger partial charge in [0.05, 0.1) is 11.7 Å². The number of carbonyl (C=O) groups is 1. The van der Waals surface area contributed by atoms with E-state index in [0.29, 0.717) is 0 Å². The molecule has 0 bridgehead atoms. The summed E-state index contributed by atoms with van der Waals surface area (Å²) >= 11 is 6.89. The zero-order valence-electron chi connectivity index (χ0n) is 10.8. The van der Waals surface area contributed by atoms with Crippen molar-refractivity contribution in [1.82, 2.24) is 0 Å². The molecule has 5 heteroatoms. The van der Waals surface area contributed by atoms with Crippen LogP contribution in [0.4, 0.5) is 5.69 Å². The van der Waals surface area contributed by atoms with Crippen molar-refractivity contribution in [3.8, 4) is 0 Å². The quantitative estimate of drug-likeness (QED) is 0.837. The number of halogens is 2. The Morgan fingerprint density at radius 3 is 2.33 bits per heavy atom.